The van der Waals surface area contributed by atoms with E-state index < -0.39 is 10.0 Å². The minimum atomic E-state index is -3.46. The SMILES string of the molecule is CCCCC(=O)NC1CCN(S(=O)(=O)c2cc(C)ccc2C)CC1. The highest BCUT2D eigenvalue weighted by atomic mass is 32.2. The van der Waals surface area contributed by atoms with E-state index in [2.05, 4.69) is 12.2 Å². The molecular formula is C18H28N2O3S. The van der Waals surface area contributed by atoms with Crippen molar-refractivity contribution in [2.24, 2.45) is 0 Å². The molecule has 5 nitrogen and oxygen atoms in total. The maximum absolute atomic E-state index is 12.9. The van der Waals surface area contributed by atoms with Crippen LogP contribution in [0.3, 0.4) is 0 Å². The molecule has 1 heterocycles. The minimum Gasteiger partial charge on any atom is -0.353 e. The van der Waals surface area contributed by atoms with Gasteiger partial charge < -0.3 is 5.32 Å². The summed E-state index contributed by atoms with van der Waals surface area (Å²) in [6.07, 6.45) is 3.78. The van der Waals surface area contributed by atoms with E-state index in [9.17, 15) is 13.2 Å². The molecule has 1 amide bonds. The number of unbranched alkanes of at least 4 members (excludes halogenated alkanes) is 1. The number of amides is 1. The van der Waals surface area contributed by atoms with Gasteiger partial charge in [-0.05, 0) is 50.3 Å². The second kappa shape index (κ2) is 8.12. The zero-order valence-corrected chi connectivity index (χ0v) is 15.7. The fourth-order valence-electron chi connectivity index (χ4n) is 3.00. The van der Waals surface area contributed by atoms with Crippen molar-refractivity contribution in [3.05, 3.63) is 29.3 Å². The lowest BCUT2D eigenvalue weighted by molar-refractivity contribution is -0.122. The second-order valence-corrected chi connectivity index (χ2v) is 8.52. The Labute approximate surface area is 145 Å². The minimum absolute atomic E-state index is 0.0766. The van der Waals surface area contributed by atoms with E-state index in [1.54, 1.807) is 10.4 Å². The first-order chi connectivity index (χ1) is 11.3. The summed E-state index contributed by atoms with van der Waals surface area (Å²) in [6, 6.07) is 5.60. The molecule has 1 aromatic carbocycles. The Hall–Kier alpha value is -1.40. The number of aryl methyl sites for hydroxylation is 2. The maximum Gasteiger partial charge on any atom is 0.243 e. The Morgan fingerprint density at radius 2 is 1.92 bits per heavy atom. The van der Waals surface area contributed by atoms with Crippen molar-refractivity contribution in [3.63, 3.8) is 0 Å². The molecular weight excluding hydrogens is 324 g/mol. The molecule has 6 heteroatoms. The molecule has 1 N–H and O–H groups in total. The summed E-state index contributed by atoms with van der Waals surface area (Å²) < 4.78 is 27.3. The third-order valence-electron chi connectivity index (χ3n) is 4.54. The van der Waals surface area contributed by atoms with Crippen molar-refractivity contribution in [2.45, 2.75) is 63.8 Å². The predicted octanol–water partition coefficient (Wildman–Crippen LogP) is 2.76. The normalized spacial score (nSPS) is 17.0. The van der Waals surface area contributed by atoms with Crippen molar-refractivity contribution in [1.29, 1.82) is 0 Å². The maximum atomic E-state index is 12.9. The summed E-state index contributed by atoms with van der Waals surface area (Å²) in [5, 5.41) is 3.03. The van der Waals surface area contributed by atoms with E-state index in [1.807, 2.05) is 26.0 Å². The molecule has 1 saturated heterocycles. The summed E-state index contributed by atoms with van der Waals surface area (Å²) in [4.78, 5) is 12.2. The van der Waals surface area contributed by atoms with Gasteiger partial charge in [0.1, 0.15) is 0 Å². The van der Waals surface area contributed by atoms with Crippen LogP contribution in [0.15, 0.2) is 23.1 Å². The van der Waals surface area contributed by atoms with Crippen molar-refractivity contribution >= 4 is 15.9 Å². The lowest BCUT2D eigenvalue weighted by atomic mass is 10.1. The van der Waals surface area contributed by atoms with Gasteiger partial charge >= 0.3 is 0 Å². The topological polar surface area (TPSA) is 66.5 Å². The van der Waals surface area contributed by atoms with Gasteiger partial charge in [0.05, 0.1) is 4.90 Å². The smallest absolute Gasteiger partial charge is 0.243 e. The van der Waals surface area contributed by atoms with E-state index in [1.165, 1.54) is 0 Å². The predicted molar refractivity (Wildman–Crippen MR) is 95.4 cm³/mol. The van der Waals surface area contributed by atoms with Crippen molar-refractivity contribution in [1.82, 2.24) is 9.62 Å². The molecule has 0 radical (unpaired) electrons. The standard InChI is InChI=1S/C18H28N2O3S/c1-4-5-6-18(21)19-16-9-11-20(12-10-16)24(22,23)17-13-14(2)7-8-15(17)3/h7-8,13,16H,4-6,9-12H2,1-3H3,(H,19,21). The van der Waals surface area contributed by atoms with Crippen LogP contribution < -0.4 is 5.32 Å². The molecule has 134 valence electrons. The molecule has 1 aromatic rings. The average molecular weight is 353 g/mol. The Kier molecular flexibility index (Phi) is 6.40. The van der Waals surface area contributed by atoms with Gasteiger partial charge in [0.2, 0.25) is 15.9 Å². The monoisotopic (exact) mass is 352 g/mol. The number of carbonyl (C=O) groups excluding carboxylic acids is 1. The number of hydrogen-bond acceptors (Lipinski definition) is 3. The van der Waals surface area contributed by atoms with E-state index >= 15 is 0 Å². The number of carbonyl (C=O) groups is 1. The summed E-state index contributed by atoms with van der Waals surface area (Å²) in [6.45, 7) is 6.69. The molecule has 0 aliphatic carbocycles. The number of rotatable bonds is 6. The number of hydrogen-bond donors (Lipinski definition) is 1. The summed E-state index contributed by atoms with van der Waals surface area (Å²) >= 11 is 0. The van der Waals surface area contributed by atoms with Crippen LogP contribution in [0.4, 0.5) is 0 Å². The molecule has 1 aliphatic heterocycles. The van der Waals surface area contributed by atoms with E-state index in [0.29, 0.717) is 37.2 Å². The fraction of sp³-hybridized carbons (Fsp3) is 0.611. The fourth-order valence-corrected chi connectivity index (χ4v) is 4.78. The van der Waals surface area contributed by atoms with Gasteiger partial charge in [-0.1, -0.05) is 25.5 Å². The summed E-state index contributed by atoms with van der Waals surface area (Å²) in [5.74, 6) is 0.0766. The summed E-state index contributed by atoms with van der Waals surface area (Å²) in [5.41, 5.74) is 1.72. The number of benzene rings is 1. The van der Waals surface area contributed by atoms with E-state index in [4.69, 9.17) is 0 Å². The Bertz CT molecular complexity index is 678. The third kappa shape index (κ3) is 4.57. The molecule has 1 aliphatic rings. The van der Waals surface area contributed by atoms with Gasteiger partial charge in [-0.25, -0.2) is 8.42 Å². The number of nitrogens with one attached hydrogen (secondary N) is 1. The Morgan fingerprint density at radius 3 is 2.54 bits per heavy atom. The Balaban J connectivity index is 1.98. The van der Waals surface area contributed by atoms with Gasteiger partial charge in [0.25, 0.3) is 0 Å². The molecule has 0 atom stereocenters. The van der Waals surface area contributed by atoms with Crippen LogP contribution >= 0.6 is 0 Å². The van der Waals surface area contributed by atoms with Crippen molar-refractivity contribution < 1.29 is 13.2 Å². The summed E-state index contributed by atoms with van der Waals surface area (Å²) in [7, 11) is -3.46. The zero-order valence-electron chi connectivity index (χ0n) is 14.8. The first kappa shape index (κ1) is 18.9. The quantitative estimate of drug-likeness (QED) is 0.856. The van der Waals surface area contributed by atoms with Gasteiger partial charge in [-0.2, -0.15) is 4.31 Å². The number of piperidine rings is 1. The van der Waals surface area contributed by atoms with Crippen molar-refractivity contribution in [2.75, 3.05) is 13.1 Å². The van der Waals surface area contributed by atoms with Crippen LogP contribution in [0.1, 0.15) is 50.2 Å². The van der Waals surface area contributed by atoms with Crippen LogP contribution in [0.2, 0.25) is 0 Å². The molecule has 0 aromatic heterocycles. The van der Waals surface area contributed by atoms with E-state index in [0.717, 1.165) is 24.0 Å². The lowest BCUT2D eigenvalue weighted by Crippen LogP contribution is -2.46. The zero-order chi connectivity index (χ0) is 17.7. The first-order valence-electron chi connectivity index (χ1n) is 8.71. The molecule has 0 saturated carbocycles. The average Bonchev–Trinajstić information content (AvgIpc) is 2.55. The van der Waals surface area contributed by atoms with Gasteiger partial charge in [0.15, 0.2) is 0 Å². The number of sulfonamides is 1. The number of nitrogens with zero attached hydrogens (tertiary/aromatic N) is 1. The second-order valence-electron chi connectivity index (χ2n) is 6.62. The molecule has 2 rings (SSSR count). The molecule has 0 unspecified atom stereocenters. The van der Waals surface area contributed by atoms with Gasteiger partial charge in [-0.3, -0.25) is 4.79 Å². The molecule has 0 spiro atoms. The third-order valence-corrected chi connectivity index (χ3v) is 6.58. The van der Waals surface area contributed by atoms with Crippen LogP contribution in [0.25, 0.3) is 0 Å². The first-order valence-corrected chi connectivity index (χ1v) is 10.2. The molecule has 1 fully saturated rings. The largest absolute Gasteiger partial charge is 0.353 e. The van der Waals surface area contributed by atoms with Gasteiger partial charge in [0, 0.05) is 25.6 Å². The van der Waals surface area contributed by atoms with Crippen molar-refractivity contribution in [3.8, 4) is 0 Å². The Morgan fingerprint density at radius 1 is 1.25 bits per heavy atom. The molecule has 0 bridgehead atoms. The van der Waals surface area contributed by atoms with Gasteiger partial charge in [-0.15, -0.1) is 0 Å². The lowest BCUT2D eigenvalue weighted by Gasteiger charge is -2.32. The van der Waals surface area contributed by atoms with Crippen LogP contribution in [0.5, 0.6) is 0 Å². The van der Waals surface area contributed by atoms with Crippen LogP contribution in [0, 0.1) is 13.8 Å². The van der Waals surface area contributed by atoms with E-state index in [-0.39, 0.29) is 11.9 Å². The highest BCUT2D eigenvalue weighted by Crippen LogP contribution is 2.24. The highest BCUT2D eigenvalue weighted by Gasteiger charge is 2.30. The highest BCUT2D eigenvalue weighted by molar-refractivity contribution is 7.89. The van der Waals surface area contributed by atoms with Crippen LogP contribution in [-0.2, 0) is 14.8 Å². The molecule has 24 heavy (non-hydrogen) atoms. The van der Waals surface area contributed by atoms with Crippen LogP contribution in [-0.4, -0.2) is 37.8 Å².